The Balaban J connectivity index is 1.87. The molecule has 1 atom stereocenters. The third-order valence-electron chi connectivity index (χ3n) is 3.58. The molecule has 0 aliphatic carbocycles. The van der Waals surface area contributed by atoms with E-state index in [1.165, 1.54) is 12.1 Å². The first-order valence-corrected chi connectivity index (χ1v) is 7.02. The van der Waals surface area contributed by atoms with Gasteiger partial charge < -0.3 is 9.73 Å². The maximum atomic E-state index is 13.6. The topological polar surface area (TPSA) is 55.9 Å². The Morgan fingerprint density at radius 1 is 1.22 bits per heavy atom. The van der Waals surface area contributed by atoms with Crippen molar-refractivity contribution in [3.05, 3.63) is 71.5 Å². The highest BCUT2D eigenvalue weighted by Gasteiger charge is 2.26. The number of aryl methyl sites for hydroxylation is 1. The zero-order valence-electron chi connectivity index (χ0n) is 12.1. The van der Waals surface area contributed by atoms with Gasteiger partial charge in [-0.25, -0.2) is 13.5 Å². The number of allylic oxidation sites excluding steroid dienone is 1. The monoisotopic (exact) mass is 314 g/mol. The van der Waals surface area contributed by atoms with Crippen molar-refractivity contribution in [3.8, 4) is 0 Å². The number of fused-ring (bicyclic) bond motifs is 1. The van der Waals surface area contributed by atoms with E-state index in [9.17, 15) is 8.78 Å². The number of hydrogen-bond donors (Lipinski definition) is 1. The number of hydrogen-bond acceptors (Lipinski definition) is 4. The number of rotatable bonds is 2. The number of nitrogens with zero attached hydrogens (tertiary/aromatic N) is 3. The van der Waals surface area contributed by atoms with Crippen LogP contribution >= 0.6 is 0 Å². The van der Waals surface area contributed by atoms with Gasteiger partial charge in [0.1, 0.15) is 29.3 Å². The molecule has 4 rings (SSSR count). The van der Waals surface area contributed by atoms with Gasteiger partial charge in [0.2, 0.25) is 5.95 Å². The molecule has 0 radical (unpaired) electrons. The van der Waals surface area contributed by atoms with E-state index in [1.54, 1.807) is 36.1 Å². The van der Waals surface area contributed by atoms with Crippen molar-refractivity contribution in [2.75, 3.05) is 5.32 Å². The van der Waals surface area contributed by atoms with Gasteiger partial charge in [0.15, 0.2) is 0 Å². The Morgan fingerprint density at radius 2 is 2.00 bits per heavy atom. The highest BCUT2D eigenvalue weighted by molar-refractivity contribution is 5.74. The molecule has 0 amide bonds. The van der Waals surface area contributed by atoms with E-state index < -0.39 is 17.7 Å². The molecule has 116 valence electrons. The van der Waals surface area contributed by atoms with Crippen LogP contribution in [0.4, 0.5) is 14.7 Å². The Labute approximate surface area is 130 Å². The molecule has 7 heteroatoms. The third kappa shape index (κ3) is 2.40. The first-order chi connectivity index (χ1) is 11.1. The van der Waals surface area contributed by atoms with Crippen LogP contribution in [0.3, 0.4) is 0 Å². The van der Waals surface area contributed by atoms with E-state index in [2.05, 4.69) is 15.4 Å². The van der Waals surface area contributed by atoms with Gasteiger partial charge in [-0.15, -0.1) is 0 Å². The summed E-state index contributed by atoms with van der Waals surface area (Å²) in [6.45, 7) is 1.75. The molecule has 0 saturated carbocycles. The van der Waals surface area contributed by atoms with Crippen molar-refractivity contribution in [2.45, 2.75) is 13.0 Å². The van der Waals surface area contributed by atoms with Gasteiger partial charge in [-0.3, -0.25) is 0 Å². The van der Waals surface area contributed by atoms with Crippen LogP contribution in [-0.4, -0.2) is 14.8 Å². The molecular weight excluding hydrogens is 302 g/mol. The molecule has 0 unspecified atom stereocenters. The minimum atomic E-state index is -0.634. The molecule has 1 aliphatic heterocycles. The molecule has 5 nitrogen and oxygen atoms in total. The molecule has 0 spiro atoms. The number of furan rings is 1. The van der Waals surface area contributed by atoms with E-state index in [0.29, 0.717) is 28.8 Å². The molecule has 2 aromatic heterocycles. The fourth-order valence-electron chi connectivity index (χ4n) is 2.66. The molecule has 0 saturated heterocycles. The number of aromatic nitrogens is 3. The summed E-state index contributed by atoms with van der Waals surface area (Å²) in [6, 6.07) is 6.49. The van der Waals surface area contributed by atoms with Crippen LogP contribution in [0.15, 0.2) is 47.1 Å². The van der Waals surface area contributed by atoms with E-state index in [0.717, 1.165) is 6.07 Å². The van der Waals surface area contributed by atoms with Crippen molar-refractivity contribution in [2.24, 2.45) is 0 Å². The van der Waals surface area contributed by atoms with Crippen LogP contribution in [0.1, 0.15) is 23.2 Å². The number of halogens is 2. The highest BCUT2D eigenvalue weighted by Crippen LogP contribution is 2.33. The molecule has 23 heavy (non-hydrogen) atoms. The van der Waals surface area contributed by atoms with Crippen molar-refractivity contribution in [1.29, 1.82) is 0 Å². The quantitative estimate of drug-likeness (QED) is 0.786. The fourth-order valence-corrected chi connectivity index (χ4v) is 2.66. The van der Waals surface area contributed by atoms with E-state index in [4.69, 9.17) is 4.42 Å². The zero-order chi connectivity index (χ0) is 16.0. The first-order valence-electron chi connectivity index (χ1n) is 7.02. The van der Waals surface area contributed by atoms with Crippen LogP contribution in [0.5, 0.6) is 0 Å². The van der Waals surface area contributed by atoms with Gasteiger partial charge in [-0.05, 0) is 42.8 Å². The second kappa shape index (κ2) is 5.05. The Bertz CT molecular complexity index is 879. The highest BCUT2D eigenvalue weighted by atomic mass is 19.1. The Hall–Kier alpha value is -2.96. The summed E-state index contributed by atoms with van der Waals surface area (Å²) < 4.78 is 34.2. The molecular formula is C16H12F2N4O. The van der Waals surface area contributed by atoms with Crippen molar-refractivity contribution in [1.82, 2.24) is 14.8 Å². The van der Waals surface area contributed by atoms with Gasteiger partial charge in [-0.2, -0.15) is 10.1 Å². The molecule has 3 aromatic rings. The summed E-state index contributed by atoms with van der Waals surface area (Å²) in [6.07, 6.45) is 3.35. The number of anilines is 1. The van der Waals surface area contributed by atoms with Crippen molar-refractivity contribution in [3.63, 3.8) is 0 Å². The summed E-state index contributed by atoms with van der Waals surface area (Å²) in [5, 5.41) is 7.43. The van der Waals surface area contributed by atoms with Gasteiger partial charge in [0.05, 0.1) is 12.0 Å². The molecule has 0 bridgehead atoms. The predicted octanol–water partition coefficient (Wildman–Crippen LogP) is 3.51. The van der Waals surface area contributed by atoms with Crippen LogP contribution < -0.4 is 5.32 Å². The summed E-state index contributed by atoms with van der Waals surface area (Å²) in [5.74, 6) is 0.392. The Morgan fingerprint density at radius 3 is 2.70 bits per heavy atom. The lowest BCUT2D eigenvalue weighted by molar-refractivity contribution is 0.544. The van der Waals surface area contributed by atoms with Crippen LogP contribution in [-0.2, 0) is 0 Å². The molecule has 1 aliphatic rings. The summed E-state index contributed by atoms with van der Waals surface area (Å²) in [4.78, 5) is 4.30. The van der Waals surface area contributed by atoms with Crippen LogP contribution in [0.25, 0.3) is 5.70 Å². The zero-order valence-corrected chi connectivity index (χ0v) is 12.1. The standard InChI is InChI=1S/C16H12F2N4O/c1-9-19-16-20-13(15-3-2-4-23-15)8-14(22(16)21-9)10-5-11(17)7-12(18)6-10/h2-8,14H,1H3,(H,19,20,21)/t14-/m1/s1. The fraction of sp³-hybridized carbons (Fsp3) is 0.125. The molecule has 1 aromatic carbocycles. The largest absolute Gasteiger partial charge is 0.463 e. The molecule has 3 heterocycles. The summed E-state index contributed by atoms with van der Waals surface area (Å²) in [5.41, 5.74) is 1.11. The Kier molecular flexibility index (Phi) is 3.00. The van der Waals surface area contributed by atoms with Crippen LogP contribution in [0, 0.1) is 18.6 Å². The number of nitrogens with one attached hydrogen (secondary N) is 1. The lowest BCUT2D eigenvalue weighted by Gasteiger charge is -2.23. The second-order valence-electron chi connectivity index (χ2n) is 5.26. The maximum Gasteiger partial charge on any atom is 0.226 e. The second-order valence-corrected chi connectivity index (χ2v) is 5.26. The molecule has 1 N–H and O–H groups in total. The minimum Gasteiger partial charge on any atom is -0.463 e. The van der Waals surface area contributed by atoms with Gasteiger partial charge in [0, 0.05) is 6.07 Å². The van der Waals surface area contributed by atoms with Gasteiger partial charge in [0.25, 0.3) is 0 Å². The van der Waals surface area contributed by atoms with Gasteiger partial charge in [-0.1, -0.05) is 0 Å². The van der Waals surface area contributed by atoms with Crippen molar-refractivity contribution >= 4 is 11.6 Å². The lowest BCUT2D eigenvalue weighted by atomic mass is 10.0. The average Bonchev–Trinajstić information content (AvgIpc) is 3.12. The smallest absolute Gasteiger partial charge is 0.226 e. The minimum absolute atomic E-state index is 0.444. The predicted molar refractivity (Wildman–Crippen MR) is 79.6 cm³/mol. The van der Waals surface area contributed by atoms with E-state index in [-0.39, 0.29) is 0 Å². The lowest BCUT2D eigenvalue weighted by Crippen LogP contribution is -2.20. The van der Waals surface area contributed by atoms with E-state index >= 15 is 0 Å². The van der Waals surface area contributed by atoms with Crippen LogP contribution in [0.2, 0.25) is 0 Å². The first kappa shape index (κ1) is 13.7. The van der Waals surface area contributed by atoms with Gasteiger partial charge >= 0.3 is 0 Å². The SMILES string of the molecule is Cc1nc2n(n1)[C@@H](c1cc(F)cc(F)c1)C=C(c1ccco1)N2. The number of benzene rings is 1. The molecule has 0 fully saturated rings. The van der Waals surface area contributed by atoms with Crippen molar-refractivity contribution < 1.29 is 13.2 Å². The third-order valence-corrected chi connectivity index (χ3v) is 3.58. The summed E-state index contributed by atoms with van der Waals surface area (Å²) >= 11 is 0. The maximum absolute atomic E-state index is 13.6. The van der Waals surface area contributed by atoms with E-state index in [1.807, 2.05) is 0 Å². The normalized spacial score (nSPS) is 16.7. The average molecular weight is 314 g/mol. The summed E-state index contributed by atoms with van der Waals surface area (Å²) in [7, 11) is 0.